The summed E-state index contributed by atoms with van der Waals surface area (Å²) in [6.07, 6.45) is 4.75. The van der Waals surface area contributed by atoms with E-state index in [0.29, 0.717) is 47.4 Å². The van der Waals surface area contributed by atoms with Gasteiger partial charge in [0.05, 0.1) is 29.9 Å². The number of piperidine rings is 3. The first-order chi connectivity index (χ1) is 29.8. The minimum Gasteiger partial charge on any atom is -0.506 e. The van der Waals surface area contributed by atoms with E-state index in [2.05, 4.69) is 31.0 Å². The lowest BCUT2D eigenvalue weighted by Gasteiger charge is -2.53. The molecule has 5 fully saturated rings. The highest BCUT2D eigenvalue weighted by molar-refractivity contribution is 6.07. The van der Waals surface area contributed by atoms with Gasteiger partial charge >= 0.3 is 0 Å². The minimum absolute atomic E-state index is 0.0456. The molecule has 3 aromatic carbocycles. The summed E-state index contributed by atoms with van der Waals surface area (Å²) in [6.45, 7) is 13.6. The number of rotatable bonds is 10. The molecule has 4 amide bonds. The number of β-lactam (4-membered cyclic amide) rings is 1. The lowest BCUT2D eigenvalue weighted by molar-refractivity contribution is -0.138. The summed E-state index contributed by atoms with van der Waals surface area (Å²) in [6, 6.07) is 11.4. The molecule has 9 rings (SSSR count). The predicted octanol–water partition coefficient (Wildman–Crippen LogP) is 5.30. The van der Waals surface area contributed by atoms with Crippen molar-refractivity contribution in [3.8, 4) is 11.5 Å². The molecule has 0 aliphatic carbocycles. The van der Waals surface area contributed by atoms with Gasteiger partial charge in [-0.15, -0.1) is 0 Å². The summed E-state index contributed by atoms with van der Waals surface area (Å²) in [5.74, 6) is -0.720. The highest BCUT2D eigenvalue weighted by atomic mass is 19.1. The molecule has 6 aliphatic rings. The summed E-state index contributed by atoms with van der Waals surface area (Å²) in [7, 11) is 1.53. The van der Waals surface area contributed by atoms with Crippen molar-refractivity contribution in [2.24, 2.45) is 17.3 Å². The van der Waals surface area contributed by atoms with E-state index in [1.165, 1.54) is 24.1 Å². The second-order valence-electron chi connectivity index (χ2n) is 18.7. The van der Waals surface area contributed by atoms with Gasteiger partial charge in [-0.3, -0.25) is 29.4 Å². The summed E-state index contributed by atoms with van der Waals surface area (Å²) in [5.41, 5.74) is 2.76. The van der Waals surface area contributed by atoms with E-state index in [-0.39, 0.29) is 41.5 Å². The maximum atomic E-state index is 16.1. The van der Waals surface area contributed by atoms with Crippen molar-refractivity contribution in [1.29, 1.82) is 0 Å². The van der Waals surface area contributed by atoms with Crippen LogP contribution in [-0.2, 0) is 20.9 Å². The number of hydrogen-bond donors (Lipinski definition) is 2. The molecule has 0 radical (unpaired) electrons. The molecular weight excluding hydrogens is 797 g/mol. The third-order valence-corrected chi connectivity index (χ3v) is 14.4. The number of phenols is 1. The zero-order valence-corrected chi connectivity index (χ0v) is 35.9. The molecule has 13 nitrogen and oxygen atoms in total. The average Bonchev–Trinajstić information content (AvgIpc) is 3.59. The van der Waals surface area contributed by atoms with Crippen LogP contribution in [0.1, 0.15) is 79.9 Å². The Kier molecular flexibility index (Phi) is 11.4. The van der Waals surface area contributed by atoms with Crippen LogP contribution in [0, 0.1) is 28.9 Å². The molecule has 0 spiro atoms. The van der Waals surface area contributed by atoms with Gasteiger partial charge in [-0.25, -0.2) is 8.78 Å². The lowest BCUT2D eigenvalue weighted by atomic mass is 9.70. The molecule has 15 heteroatoms. The Morgan fingerprint density at radius 1 is 0.774 bits per heavy atom. The molecule has 0 saturated carbocycles. The molecule has 6 aliphatic heterocycles. The Hall–Kier alpha value is -5.28. The number of carbonyl (C=O) groups excluding carboxylic acids is 4. The largest absolute Gasteiger partial charge is 0.506 e. The number of benzene rings is 3. The topological polar surface area (TPSA) is 129 Å². The molecule has 62 heavy (non-hydrogen) atoms. The maximum Gasteiger partial charge on any atom is 0.255 e. The predicted molar refractivity (Wildman–Crippen MR) is 230 cm³/mol. The van der Waals surface area contributed by atoms with Gasteiger partial charge in [0, 0.05) is 107 Å². The number of nitrogens with one attached hydrogen (secondary N) is 1. The highest BCUT2D eigenvalue weighted by Crippen LogP contribution is 2.56. The Labute approximate surface area is 361 Å². The number of carbonyl (C=O) groups is 4. The number of halogens is 2. The third kappa shape index (κ3) is 7.86. The number of aromatic hydroxyl groups is 1. The van der Waals surface area contributed by atoms with Crippen LogP contribution in [0.3, 0.4) is 0 Å². The van der Waals surface area contributed by atoms with Crippen molar-refractivity contribution in [2.75, 3.05) is 87.3 Å². The first-order valence-corrected chi connectivity index (χ1v) is 22.2. The Morgan fingerprint density at radius 3 is 2.05 bits per heavy atom. The standard InChI is InChI=1S/C47H57F2N7O6/c1-47(2)43(56(46(47)61)39-23-32(48)4-8-40(39)57)35-24-36(49)38(25-41(35)62-3)54-16-12-30(13-17-54)27-52-20-18-51(19-21-52)26-29-10-14-53(15-11-29)33-5-6-34-31(22-33)28-55(45(34)60)37-7-9-42(58)50-44(37)59/h4-6,8,22-25,29-30,37,43,57H,7,9-21,26-28H2,1-3H3,(H,50,58,59)/t37?,43-/m0/s1. The first-order valence-electron chi connectivity index (χ1n) is 22.2. The van der Waals surface area contributed by atoms with E-state index >= 15 is 4.39 Å². The second kappa shape index (κ2) is 16.8. The quantitative estimate of drug-likeness (QED) is 0.205. The summed E-state index contributed by atoms with van der Waals surface area (Å²) < 4.78 is 36.1. The number of imide groups is 1. The van der Waals surface area contributed by atoms with Crippen LogP contribution in [-0.4, -0.2) is 122 Å². The Morgan fingerprint density at radius 2 is 1.42 bits per heavy atom. The highest BCUT2D eigenvalue weighted by Gasteiger charge is 2.57. The van der Waals surface area contributed by atoms with Crippen molar-refractivity contribution in [3.63, 3.8) is 0 Å². The minimum atomic E-state index is -0.925. The van der Waals surface area contributed by atoms with E-state index in [4.69, 9.17) is 4.74 Å². The Balaban J connectivity index is 0.727. The molecule has 6 heterocycles. The number of fused-ring (bicyclic) bond motifs is 1. The molecule has 3 aromatic rings. The van der Waals surface area contributed by atoms with Gasteiger partial charge in [0.2, 0.25) is 17.7 Å². The monoisotopic (exact) mass is 853 g/mol. The third-order valence-electron chi connectivity index (χ3n) is 14.4. The lowest BCUT2D eigenvalue weighted by Crippen LogP contribution is -2.61. The second-order valence-corrected chi connectivity index (χ2v) is 18.7. The fourth-order valence-corrected chi connectivity index (χ4v) is 10.8. The zero-order valence-electron chi connectivity index (χ0n) is 35.9. The number of piperazine rings is 1. The molecule has 0 bridgehead atoms. The smallest absolute Gasteiger partial charge is 0.255 e. The average molecular weight is 854 g/mol. The normalized spacial score (nSPS) is 24.1. The summed E-state index contributed by atoms with van der Waals surface area (Å²) >= 11 is 0. The van der Waals surface area contributed by atoms with Crippen molar-refractivity contribution in [1.82, 2.24) is 20.0 Å². The van der Waals surface area contributed by atoms with Crippen LogP contribution < -0.4 is 24.8 Å². The van der Waals surface area contributed by atoms with Crippen molar-refractivity contribution in [3.05, 3.63) is 76.9 Å². The fraction of sp³-hybridized carbons (Fsp3) is 0.532. The van der Waals surface area contributed by atoms with Crippen LogP contribution in [0.25, 0.3) is 0 Å². The number of nitrogens with zero attached hydrogens (tertiary/aromatic N) is 6. The van der Waals surface area contributed by atoms with E-state index in [1.807, 2.05) is 12.1 Å². The van der Waals surface area contributed by atoms with Crippen LogP contribution in [0.15, 0.2) is 48.5 Å². The molecular formula is C47H57F2N7O6. The zero-order chi connectivity index (χ0) is 43.4. The van der Waals surface area contributed by atoms with Crippen molar-refractivity contribution in [2.45, 2.75) is 71.0 Å². The SMILES string of the molecule is COc1cc(N2CCC(CN3CCN(CC4CCN(c5ccc6c(c5)CN(C5CCC(=O)NC5=O)C6=O)CC4)CC3)CC2)c(F)cc1[C@@H]1N(c2cc(F)ccc2O)C(=O)C1(C)C. The van der Waals surface area contributed by atoms with Gasteiger partial charge in [0.15, 0.2) is 0 Å². The number of phenolic OH excluding ortho intramolecular Hbond substituents is 1. The molecule has 1 unspecified atom stereocenters. The van der Waals surface area contributed by atoms with Gasteiger partial charge in [-0.05, 0) is 99.7 Å². The van der Waals surface area contributed by atoms with Crippen LogP contribution >= 0.6 is 0 Å². The van der Waals surface area contributed by atoms with Gasteiger partial charge in [-0.2, -0.15) is 0 Å². The van der Waals surface area contributed by atoms with E-state index in [9.17, 15) is 28.7 Å². The first kappa shape index (κ1) is 42.0. The van der Waals surface area contributed by atoms with Crippen LogP contribution in [0.2, 0.25) is 0 Å². The molecule has 2 N–H and O–H groups in total. The van der Waals surface area contributed by atoms with Crippen LogP contribution in [0.5, 0.6) is 11.5 Å². The van der Waals surface area contributed by atoms with Gasteiger partial charge in [-0.1, -0.05) is 0 Å². The molecule has 330 valence electrons. The van der Waals surface area contributed by atoms with Crippen molar-refractivity contribution < 1.29 is 37.8 Å². The molecule has 5 saturated heterocycles. The number of anilines is 3. The van der Waals surface area contributed by atoms with E-state index < -0.39 is 29.1 Å². The van der Waals surface area contributed by atoms with Crippen LogP contribution in [0.4, 0.5) is 25.8 Å². The van der Waals surface area contributed by atoms with Crippen molar-refractivity contribution >= 4 is 40.7 Å². The summed E-state index contributed by atoms with van der Waals surface area (Å²) in [5, 5.41) is 12.9. The van der Waals surface area contributed by atoms with E-state index in [1.54, 1.807) is 24.8 Å². The molecule has 2 atom stereocenters. The number of ether oxygens (including phenoxy) is 1. The summed E-state index contributed by atoms with van der Waals surface area (Å²) in [4.78, 5) is 63.2. The number of hydrogen-bond acceptors (Lipinski definition) is 10. The van der Waals surface area contributed by atoms with Gasteiger partial charge in [0.25, 0.3) is 5.91 Å². The maximum absolute atomic E-state index is 16.1. The number of amides is 4. The Bertz CT molecular complexity index is 2250. The fourth-order valence-electron chi connectivity index (χ4n) is 10.8. The number of methoxy groups -OCH3 is 1. The van der Waals surface area contributed by atoms with E-state index in [0.717, 1.165) is 115 Å². The van der Waals surface area contributed by atoms with Gasteiger partial charge in [0.1, 0.15) is 29.2 Å². The van der Waals surface area contributed by atoms with Gasteiger partial charge < -0.3 is 34.3 Å². The molecule has 0 aromatic heterocycles.